The van der Waals surface area contributed by atoms with Crippen LogP contribution in [0.2, 0.25) is 0 Å². The summed E-state index contributed by atoms with van der Waals surface area (Å²) < 4.78 is 15.9. The van der Waals surface area contributed by atoms with Crippen LogP contribution >= 0.6 is 0 Å². The Morgan fingerprint density at radius 2 is 2.11 bits per heavy atom. The Bertz CT molecular complexity index is 572. The zero-order valence-electron chi connectivity index (χ0n) is 11.2. The van der Waals surface area contributed by atoms with Crippen molar-refractivity contribution in [2.45, 2.75) is 20.0 Å². The molecule has 1 aliphatic heterocycles. The van der Waals surface area contributed by atoms with Crippen LogP contribution < -0.4 is 5.32 Å². The first-order chi connectivity index (χ1) is 9.29. The fraction of sp³-hybridized carbons (Fsp3) is 0.500. The lowest BCUT2D eigenvalue weighted by Gasteiger charge is -2.26. The minimum absolute atomic E-state index is 0.230. The predicted molar refractivity (Wildman–Crippen MR) is 73.5 cm³/mol. The van der Waals surface area contributed by atoms with E-state index >= 15 is 0 Å². The van der Waals surface area contributed by atoms with Gasteiger partial charge < -0.3 is 9.88 Å². The van der Waals surface area contributed by atoms with E-state index in [0.717, 1.165) is 50.6 Å². The van der Waals surface area contributed by atoms with E-state index in [9.17, 15) is 4.39 Å². The number of imidazole rings is 1. The normalized spacial score (nSPS) is 17.2. The Labute approximate surface area is 112 Å². The number of benzene rings is 1. The highest BCUT2D eigenvalue weighted by Gasteiger charge is 2.16. The van der Waals surface area contributed by atoms with Gasteiger partial charge in [-0.15, -0.1) is 0 Å². The Morgan fingerprint density at radius 3 is 2.84 bits per heavy atom. The van der Waals surface area contributed by atoms with Gasteiger partial charge in [-0.3, -0.25) is 4.90 Å². The largest absolute Gasteiger partial charge is 0.327 e. The first-order valence-corrected chi connectivity index (χ1v) is 6.86. The maximum absolute atomic E-state index is 13.8. The lowest BCUT2D eigenvalue weighted by molar-refractivity contribution is 0.225. The van der Waals surface area contributed by atoms with Gasteiger partial charge in [0.2, 0.25) is 0 Å². The van der Waals surface area contributed by atoms with E-state index in [1.807, 2.05) is 6.07 Å². The molecular formula is C14H19FN4. The highest BCUT2D eigenvalue weighted by molar-refractivity contribution is 5.76. The van der Waals surface area contributed by atoms with Gasteiger partial charge in [-0.1, -0.05) is 6.07 Å². The molecule has 0 aliphatic carbocycles. The molecule has 5 heteroatoms. The molecule has 0 bridgehead atoms. The molecular weight excluding hydrogens is 243 g/mol. The summed E-state index contributed by atoms with van der Waals surface area (Å²) in [6.07, 6.45) is 0. The lowest BCUT2D eigenvalue weighted by Crippen LogP contribution is -2.43. The first-order valence-electron chi connectivity index (χ1n) is 6.86. The number of halogens is 1. The molecule has 2 heterocycles. The summed E-state index contributed by atoms with van der Waals surface area (Å²) in [4.78, 5) is 6.87. The molecule has 1 aromatic heterocycles. The second kappa shape index (κ2) is 5.27. The van der Waals surface area contributed by atoms with Gasteiger partial charge in [0.05, 0.1) is 12.1 Å². The third-order valence-corrected chi connectivity index (χ3v) is 3.70. The fourth-order valence-electron chi connectivity index (χ4n) is 2.70. The molecule has 1 saturated heterocycles. The monoisotopic (exact) mass is 262 g/mol. The minimum Gasteiger partial charge on any atom is -0.327 e. The van der Waals surface area contributed by atoms with E-state index in [2.05, 4.69) is 26.7 Å². The number of rotatable bonds is 3. The maximum atomic E-state index is 13.8. The molecule has 102 valence electrons. The van der Waals surface area contributed by atoms with E-state index in [4.69, 9.17) is 0 Å². The van der Waals surface area contributed by atoms with Gasteiger partial charge in [-0.2, -0.15) is 0 Å². The van der Waals surface area contributed by atoms with Gasteiger partial charge >= 0.3 is 0 Å². The predicted octanol–water partition coefficient (Wildman–Crippen LogP) is 1.60. The molecule has 4 nitrogen and oxygen atoms in total. The summed E-state index contributed by atoms with van der Waals surface area (Å²) in [5.74, 6) is 0.732. The molecule has 3 rings (SSSR count). The molecule has 0 amide bonds. The summed E-state index contributed by atoms with van der Waals surface area (Å²) in [7, 11) is 0. The average Bonchev–Trinajstić information content (AvgIpc) is 2.79. The molecule has 1 fully saturated rings. The van der Waals surface area contributed by atoms with Gasteiger partial charge in [0.25, 0.3) is 0 Å². The van der Waals surface area contributed by atoms with E-state index in [1.54, 1.807) is 6.07 Å². The second-order valence-electron chi connectivity index (χ2n) is 4.91. The number of aromatic nitrogens is 2. The van der Waals surface area contributed by atoms with Crippen molar-refractivity contribution in [3.8, 4) is 0 Å². The van der Waals surface area contributed by atoms with Crippen LogP contribution in [0.3, 0.4) is 0 Å². The number of hydrogen-bond acceptors (Lipinski definition) is 3. The number of nitrogens with zero attached hydrogens (tertiary/aromatic N) is 3. The number of fused-ring (bicyclic) bond motifs is 1. The van der Waals surface area contributed by atoms with Crippen molar-refractivity contribution in [3.63, 3.8) is 0 Å². The van der Waals surface area contributed by atoms with Gasteiger partial charge in [0.1, 0.15) is 11.3 Å². The van der Waals surface area contributed by atoms with Crippen LogP contribution in [0, 0.1) is 5.82 Å². The molecule has 19 heavy (non-hydrogen) atoms. The molecule has 2 aromatic rings. The van der Waals surface area contributed by atoms with Gasteiger partial charge in [0, 0.05) is 32.7 Å². The van der Waals surface area contributed by atoms with Crippen molar-refractivity contribution >= 4 is 11.0 Å². The molecule has 0 saturated carbocycles. The Hall–Kier alpha value is -1.46. The molecule has 0 spiro atoms. The van der Waals surface area contributed by atoms with Crippen molar-refractivity contribution in [2.24, 2.45) is 0 Å². The lowest BCUT2D eigenvalue weighted by atomic mass is 10.3. The fourth-order valence-corrected chi connectivity index (χ4v) is 2.70. The third kappa shape index (κ3) is 2.35. The zero-order valence-corrected chi connectivity index (χ0v) is 11.2. The summed E-state index contributed by atoms with van der Waals surface area (Å²) in [5, 5.41) is 3.34. The van der Waals surface area contributed by atoms with E-state index < -0.39 is 0 Å². The zero-order chi connectivity index (χ0) is 13.2. The summed E-state index contributed by atoms with van der Waals surface area (Å²) in [5.41, 5.74) is 1.39. The van der Waals surface area contributed by atoms with Crippen LogP contribution in [0.4, 0.5) is 4.39 Å². The van der Waals surface area contributed by atoms with Crippen LogP contribution in [0.5, 0.6) is 0 Å². The van der Waals surface area contributed by atoms with E-state index in [-0.39, 0.29) is 5.82 Å². The highest BCUT2D eigenvalue weighted by atomic mass is 19.1. The Kier molecular flexibility index (Phi) is 3.48. The van der Waals surface area contributed by atoms with Crippen LogP contribution in [0.25, 0.3) is 11.0 Å². The third-order valence-electron chi connectivity index (χ3n) is 3.70. The van der Waals surface area contributed by atoms with E-state index in [1.165, 1.54) is 6.07 Å². The molecule has 1 aliphatic rings. The van der Waals surface area contributed by atoms with Crippen LogP contribution in [-0.4, -0.2) is 40.6 Å². The van der Waals surface area contributed by atoms with Gasteiger partial charge in [-0.05, 0) is 19.1 Å². The number of aryl methyl sites for hydroxylation is 1. The summed E-state index contributed by atoms with van der Waals surface area (Å²) in [6.45, 7) is 7.77. The second-order valence-corrected chi connectivity index (χ2v) is 4.91. The standard InChI is InChI=1S/C14H19FN4/c1-2-19-12-5-3-4-11(15)14(12)17-13(19)10-18-8-6-16-7-9-18/h3-5,16H,2,6-10H2,1H3. The quantitative estimate of drug-likeness (QED) is 0.912. The van der Waals surface area contributed by atoms with Crippen LogP contribution in [-0.2, 0) is 13.1 Å². The SMILES string of the molecule is CCn1c(CN2CCNCC2)nc2c(F)cccc21. The minimum atomic E-state index is -0.230. The number of hydrogen-bond donors (Lipinski definition) is 1. The molecule has 1 aromatic carbocycles. The molecule has 0 unspecified atom stereocenters. The average molecular weight is 262 g/mol. The van der Waals surface area contributed by atoms with Crippen molar-refractivity contribution < 1.29 is 4.39 Å². The highest BCUT2D eigenvalue weighted by Crippen LogP contribution is 2.20. The van der Waals surface area contributed by atoms with Gasteiger partial charge in [-0.25, -0.2) is 9.37 Å². The van der Waals surface area contributed by atoms with Crippen molar-refractivity contribution in [1.29, 1.82) is 0 Å². The summed E-state index contributed by atoms with van der Waals surface area (Å²) >= 11 is 0. The van der Waals surface area contributed by atoms with Crippen LogP contribution in [0.1, 0.15) is 12.7 Å². The van der Waals surface area contributed by atoms with Crippen molar-refractivity contribution in [2.75, 3.05) is 26.2 Å². The maximum Gasteiger partial charge on any atom is 0.151 e. The Morgan fingerprint density at radius 1 is 1.32 bits per heavy atom. The van der Waals surface area contributed by atoms with Crippen LogP contribution in [0.15, 0.2) is 18.2 Å². The van der Waals surface area contributed by atoms with Crippen molar-refractivity contribution in [1.82, 2.24) is 19.8 Å². The summed E-state index contributed by atoms with van der Waals surface area (Å²) in [6, 6.07) is 5.17. The smallest absolute Gasteiger partial charge is 0.151 e. The molecule has 0 atom stereocenters. The molecule has 1 N–H and O–H groups in total. The first kappa shape index (κ1) is 12.6. The van der Waals surface area contributed by atoms with Crippen molar-refractivity contribution in [3.05, 3.63) is 29.8 Å². The van der Waals surface area contributed by atoms with E-state index in [0.29, 0.717) is 5.52 Å². The topological polar surface area (TPSA) is 33.1 Å². The number of para-hydroxylation sites is 1. The molecule has 0 radical (unpaired) electrons. The number of piperazine rings is 1. The Balaban J connectivity index is 1.95. The van der Waals surface area contributed by atoms with Gasteiger partial charge in [0.15, 0.2) is 5.82 Å². The number of nitrogens with one attached hydrogen (secondary N) is 1.